The van der Waals surface area contributed by atoms with E-state index < -0.39 is 23.5 Å². The fraction of sp³-hybridized carbons (Fsp3) is 0.147. The van der Waals surface area contributed by atoms with Gasteiger partial charge in [-0.1, -0.05) is 77.6 Å². The molecule has 0 radical (unpaired) electrons. The normalized spacial score (nSPS) is 16.2. The number of carbonyl (C=O) groups excluding carboxylic acids is 2. The summed E-state index contributed by atoms with van der Waals surface area (Å²) < 4.78 is 26.5. The van der Waals surface area contributed by atoms with Gasteiger partial charge in [0, 0.05) is 5.56 Å². The highest BCUT2D eigenvalue weighted by molar-refractivity contribution is 7.22. The number of benzene rings is 4. The molecule has 1 aromatic heterocycles. The molecule has 1 aliphatic rings. The molecule has 216 valence electrons. The minimum atomic E-state index is -1.03. The molecule has 0 aliphatic carbocycles. The van der Waals surface area contributed by atoms with E-state index >= 15 is 0 Å². The van der Waals surface area contributed by atoms with E-state index in [2.05, 4.69) is 4.98 Å². The molecule has 0 saturated carbocycles. The number of hydrogen-bond donors (Lipinski definition) is 1. The number of halogens is 1. The second kappa shape index (κ2) is 11.7. The average molecular weight is 595 g/mol. The zero-order chi connectivity index (χ0) is 30.1. The number of rotatable bonds is 8. The first kappa shape index (κ1) is 28.1. The van der Waals surface area contributed by atoms with Gasteiger partial charge in [0.2, 0.25) is 0 Å². The number of hydrogen-bond acceptors (Lipinski definition) is 7. The molecule has 5 aromatic rings. The summed E-state index contributed by atoms with van der Waals surface area (Å²) in [4.78, 5) is 33.1. The summed E-state index contributed by atoms with van der Waals surface area (Å²) in [5.41, 5.74) is 3.26. The lowest BCUT2D eigenvalue weighted by atomic mass is 9.95. The van der Waals surface area contributed by atoms with E-state index in [0.29, 0.717) is 46.1 Å². The number of amides is 1. The second-order valence-corrected chi connectivity index (χ2v) is 11.1. The number of aliphatic hydroxyl groups excluding tert-OH is 1. The van der Waals surface area contributed by atoms with E-state index in [1.165, 1.54) is 23.1 Å². The Balaban J connectivity index is 1.49. The van der Waals surface area contributed by atoms with Gasteiger partial charge in [-0.05, 0) is 55.3 Å². The van der Waals surface area contributed by atoms with Gasteiger partial charge >= 0.3 is 5.91 Å². The molecule has 1 fully saturated rings. The van der Waals surface area contributed by atoms with Crippen LogP contribution in [0.25, 0.3) is 16.0 Å². The van der Waals surface area contributed by atoms with Crippen molar-refractivity contribution in [2.75, 3.05) is 11.5 Å². The van der Waals surface area contributed by atoms with Crippen LogP contribution in [0.15, 0.2) is 96.6 Å². The van der Waals surface area contributed by atoms with Gasteiger partial charge in [-0.2, -0.15) is 0 Å². The standard InChI is InChI=1S/C34H27FN2O5S/c1-3-41-27-17-23(13-16-26(27)42-19-21-7-5-4-6-8-21)30-29(31(38)22-11-9-20(2)10-12-22)32(39)33(40)37(30)34-36-25-15-14-24(35)18-28(25)43-34/h4-18,30,38H,3,19H2,1-2H3. The molecular formula is C34H27FN2O5S. The van der Waals surface area contributed by atoms with Crippen LogP contribution in [-0.4, -0.2) is 28.4 Å². The topological polar surface area (TPSA) is 89.0 Å². The van der Waals surface area contributed by atoms with E-state index in [4.69, 9.17) is 9.47 Å². The van der Waals surface area contributed by atoms with E-state index in [9.17, 15) is 19.1 Å². The molecule has 43 heavy (non-hydrogen) atoms. The highest BCUT2D eigenvalue weighted by atomic mass is 32.1. The molecule has 0 spiro atoms. The van der Waals surface area contributed by atoms with Crippen LogP contribution in [0.5, 0.6) is 11.5 Å². The Kier molecular flexibility index (Phi) is 7.65. The molecule has 1 aliphatic heterocycles. The van der Waals surface area contributed by atoms with Gasteiger partial charge in [0.05, 0.1) is 28.4 Å². The van der Waals surface area contributed by atoms with Crippen LogP contribution < -0.4 is 14.4 Å². The monoisotopic (exact) mass is 594 g/mol. The summed E-state index contributed by atoms with van der Waals surface area (Å²) in [6.45, 7) is 4.42. The number of ether oxygens (including phenoxy) is 2. The molecule has 6 rings (SSSR count). The zero-order valence-corrected chi connectivity index (χ0v) is 24.2. The fourth-order valence-corrected chi connectivity index (χ4v) is 6.04. The zero-order valence-electron chi connectivity index (χ0n) is 23.4. The molecule has 1 unspecified atom stereocenters. The number of aromatic nitrogens is 1. The fourth-order valence-electron chi connectivity index (χ4n) is 5.02. The minimum Gasteiger partial charge on any atom is -0.507 e. The number of fused-ring (bicyclic) bond motifs is 1. The maximum atomic E-state index is 14.0. The number of aliphatic hydroxyl groups is 1. The SMILES string of the molecule is CCOc1cc(C2C(=C(O)c3ccc(C)cc3)C(=O)C(=O)N2c2nc3ccc(F)cc3s2)ccc1OCc1ccccc1. The quantitative estimate of drug-likeness (QED) is 0.115. The first-order valence-electron chi connectivity index (χ1n) is 13.7. The molecule has 9 heteroatoms. The molecule has 0 bridgehead atoms. The largest absolute Gasteiger partial charge is 0.507 e. The van der Waals surface area contributed by atoms with Crippen molar-refractivity contribution in [1.29, 1.82) is 0 Å². The number of Topliss-reactive ketones (excluding diaryl/α,β-unsaturated/α-hetero) is 1. The first-order valence-corrected chi connectivity index (χ1v) is 14.5. The van der Waals surface area contributed by atoms with Crippen molar-refractivity contribution in [3.05, 3.63) is 125 Å². The van der Waals surface area contributed by atoms with Gasteiger partial charge in [0.15, 0.2) is 16.6 Å². The number of ketones is 1. The predicted molar refractivity (Wildman–Crippen MR) is 164 cm³/mol. The van der Waals surface area contributed by atoms with Crippen LogP contribution in [0, 0.1) is 12.7 Å². The van der Waals surface area contributed by atoms with E-state index in [-0.39, 0.29) is 16.5 Å². The van der Waals surface area contributed by atoms with Crippen LogP contribution in [0.1, 0.15) is 35.2 Å². The summed E-state index contributed by atoms with van der Waals surface area (Å²) >= 11 is 1.09. The number of aryl methyl sites for hydroxylation is 1. The summed E-state index contributed by atoms with van der Waals surface area (Å²) in [6, 6.07) is 25.0. The first-order chi connectivity index (χ1) is 20.8. The second-order valence-electron chi connectivity index (χ2n) is 10.1. The Morgan fingerprint density at radius 3 is 2.47 bits per heavy atom. The van der Waals surface area contributed by atoms with E-state index in [1.807, 2.05) is 56.3 Å². The van der Waals surface area contributed by atoms with Crippen molar-refractivity contribution in [2.45, 2.75) is 26.5 Å². The smallest absolute Gasteiger partial charge is 0.301 e. The van der Waals surface area contributed by atoms with Crippen LogP contribution in [-0.2, 0) is 16.2 Å². The van der Waals surface area contributed by atoms with Gasteiger partial charge in [-0.3, -0.25) is 14.5 Å². The van der Waals surface area contributed by atoms with Crippen molar-refractivity contribution in [1.82, 2.24) is 4.98 Å². The lowest BCUT2D eigenvalue weighted by Crippen LogP contribution is -2.29. The third kappa shape index (κ3) is 5.47. The maximum Gasteiger partial charge on any atom is 0.301 e. The third-order valence-electron chi connectivity index (χ3n) is 7.14. The molecule has 1 saturated heterocycles. The predicted octanol–water partition coefficient (Wildman–Crippen LogP) is 7.35. The van der Waals surface area contributed by atoms with Gasteiger partial charge < -0.3 is 14.6 Å². The van der Waals surface area contributed by atoms with Gasteiger partial charge in [0.25, 0.3) is 5.78 Å². The minimum absolute atomic E-state index is 0.0836. The van der Waals surface area contributed by atoms with Crippen molar-refractivity contribution in [3.63, 3.8) is 0 Å². The molecule has 7 nitrogen and oxygen atoms in total. The average Bonchev–Trinajstić information content (AvgIpc) is 3.54. The molecule has 4 aromatic carbocycles. The van der Waals surface area contributed by atoms with Crippen molar-refractivity contribution in [3.8, 4) is 11.5 Å². The summed E-state index contributed by atoms with van der Waals surface area (Å²) in [5.74, 6) is -1.53. The Morgan fingerprint density at radius 2 is 1.72 bits per heavy atom. The van der Waals surface area contributed by atoms with Crippen LogP contribution in [0.4, 0.5) is 9.52 Å². The highest BCUT2D eigenvalue weighted by Gasteiger charge is 2.48. The summed E-state index contributed by atoms with van der Waals surface area (Å²) in [5, 5.41) is 11.7. The molecule has 1 amide bonds. The van der Waals surface area contributed by atoms with Crippen molar-refractivity contribution in [2.24, 2.45) is 0 Å². The van der Waals surface area contributed by atoms with Crippen LogP contribution in [0.3, 0.4) is 0 Å². The number of nitrogens with zero attached hydrogens (tertiary/aromatic N) is 2. The Morgan fingerprint density at radius 1 is 0.953 bits per heavy atom. The molecule has 2 heterocycles. The number of anilines is 1. The van der Waals surface area contributed by atoms with Crippen LogP contribution >= 0.6 is 11.3 Å². The summed E-state index contributed by atoms with van der Waals surface area (Å²) in [7, 11) is 0. The van der Waals surface area contributed by atoms with Gasteiger partial charge in [-0.15, -0.1) is 0 Å². The number of carbonyl (C=O) groups is 2. The maximum absolute atomic E-state index is 14.0. The van der Waals surface area contributed by atoms with Crippen molar-refractivity contribution >= 4 is 44.1 Å². The van der Waals surface area contributed by atoms with Gasteiger partial charge in [-0.25, -0.2) is 9.37 Å². The Labute approximate surface area is 251 Å². The molecular weight excluding hydrogens is 567 g/mol. The molecule has 1 atom stereocenters. The number of thiazole rings is 1. The Hall–Kier alpha value is -5.02. The van der Waals surface area contributed by atoms with E-state index in [1.54, 1.807) is 30.3 Å². The third-order valence-corrected chi connectivity index (χ3v) is 8.15. The van der Waals surface area contributed by atoms with Crippen LogP contribution in [0.2, 0.25) is 0 Å². The van der Waals surface area contributed by atoms with Gasteiger partial charge in [0.1, 0.15) is 18.2 Å². The summed E-state index contributed by atoms with van der Waals surface area (Å²) in [6.07, 6.45) is 0. The highest BCUT2D eigenvalue weighted by Crippen LogP contribution is 2.46. The lowest BCUT2D eigenvalue weighted by molar-refractivity contribution is -0.132. The molecule has 1 N–H and O–H groups in total. The van der Waals surface area contributed by atoms with Crippen molar-refractivity contribution < 1.29 is 28.6 Å². The Bertz CT molecular complexity index is 1870. The van der Waals surface area contributed by atoms with E-state index in [0.717, 1.165) is 22.5 Å². The lowest BCUT2D eigenvalue weighted by Gasteiger charge is -2.24.